The number of nitrogens with zero attached hydrogens (tertiary/aromatic N) is 1. The molecular weight excluding hydrogens is 221 g/mol. The molecule has 0 heterocycles. The van der Waals surface area contributed by atoms with Gasteiger partial charge in [0.25, 0.3) is 0 Å². The molecule has 5 heteroatoms. The van der Waals surface area contributed by atoms with Gasteiger partial charge < -0.3 is 10.2 Å². The van der Waals surface area contributed by atoms with E-state index in [1.807, 2.05) is 20.8 Å². The van der Waals surface area contributed by atoms with E-state index in [0.717, 1.165) is 0 Å². The van der Waals surface area contributed by atoms with E-state index in [-0.39, 0.29) is 11.3 Å². The van der Waals surface area contributed by atoms with Crippen LogP contribution in [0, 0.1) is 5.82 Å². The molecule has 0 aliphatic heterocycles. The maximum Gasteiger partial charge on any atom is 0.165 e. The van der Waals surface area contributed by atoms with Gasteiger partial charge in [-0.05, 0) is 39.0 Å². The lowest BCUT2D eigenvalue weighted by molar-refractivity contribution is 0.386. The Bertz CT molecular complexity index is 424. The summed E-state index contributed by atoms with van der Waals surface area (Å²) in [6, 6.07) is 4.58. The normalized spacial score (nSPS) is 12.5. The van der Waals surface area contributed by atoms with Gasteiger partial charge in [-0.3, -0.25) is 4.99 Å². The monoisotopic (exact) mass is 239 g/mol. The zero-order valence-corrected chi connectivity index (χ0v) is 10.5. The molecule has 0 radical (unpaired) electrons. The minimum atomic E-state index is -0.443. The first-order valence-corrected chi connectivity index (χ1v) is 5.28. The summed E-state index contributed by atoms with van der Waals surface area (Å²) in [7, 11) is 1.42. The van der Waals surface area contributed by atoms with Crippen LogP contribution >= 0.6 is 0 Å². The van der Waals surface area contributed by atoms with Gasteiger partial charge in [-0.25, -0.2) is 10.2 Å². The number of nitrogens with two attached hydrogens (primary N) is 1. The maximum atomic E-state index is 13.5. The van der Waals surface area contributed by atoms with Gasteiger partial charge in [-0.15, -0.1) is 0 Å². The third kappa shape index (κ3) is 3.71. The fourth-order valence-electron chi connectivity index (χ4n) is 1.33. The number of hydrogen-bond donors (Lipinski definition) is 2. The third-order valence-corrected chi connectivity index (χ3v) is 2.01. The second kappa shape index (κ2) is 5.14. The van der Waals surface area contributed by atoms with Crippen LogP contribution in [0.5, 0.6) is 5.75 Å². The molecule has 1 aromatic carbocycles. The van der Waals surface area contributed by atoms with E-state index < -0.39 is 5.82 Å². The van der Waals surface area contributed by atoms with E-state index >= 15 is 0 Å². The van der Waals surface area contributed by atoms with E-state index in [1.165, 1.54) is 13.2 Å². The molecule has 17 heavy (non-hydrogen) atoms. The molecule has 0 fully saturated rings. The first-order chi connectivity index (χ1) is 7.87. The fraction of sp³-hybridized carbons (Fsp3) is 0.417. The standard InChI is InChI=1S/C12H18FN3O/c1-12(2,3)15-11(16-14)8-5-6-10(17-4)9(13)7-8/h5-7H,14H2,1-4H3,(H,15,16). The van der Waals surface area contributed by atoms with Gasteiger partial charge in [0.15, 0.2) is 11.6 Å². The summed E-state index contributed by atoms with van der Waals surface area (Å²) in [5, 5.41) is 0. The molecule has 0 atom stereocenters. The minimum absolute atomic E-state index is 0.195. The molecule has 0 aromatic heterocycles. The highest BCUT2D eigenvalue weighted by molar-refractivity contribution is 5.98. The Balaban J connectivity index is 3.14. The van der Waals surface area contributed by atoms with E-state index in [1.54, 1.807) is 12.1 Å². The van der Waals surface area contributed by atoms with Crippen molar-refractivity contribution in [2.75, 3.05) is 7.11 Å². The number of ether oxygens (including phenoxy) is 1. The largest absolute Gasteiger partial charge is 0.494 e. The van der Waals surface area contributed by atoms with Gasteiger partial charge in [-0.2, -0.15) is 0 Å². The fourth-order valence-corrected chi connectivity index (χ4v) is 1.33. The van der Waals surface area contributed by atoms with Gasteiger partial charge in [0.2, 0.25) is 0 Å². The summed E-state index contributed by atoms with van der Waals surface area (Å²) < 4.78 is 18.4. The highest BCUT2D eigenvalue weighted by Gasteiger charge is 2.12. The molecule has 0 bridgehead atoms. The van der Waals surface area contributed by atoms with Crippen LogP contribution in [-0.4, -0.2) is 18.5 Å². The number of hydrazine groups is 1. The Hall–Kier alpha value is -1.62. The second-order valence-electron chi connectivity index (χ2n) is 4.62. The van der Waals surface area contributed by atoms with Gasteiger partial charge in [0.05, 0.1) is 12.6 Å². The number of hydrogen-bond acceptors (Lipinski definition) is 3. The number of aliphatic imine (C=N–C) groups is 1. The van der Waals surface area contributed by atoms with Crippen molar-refractivity contribution in [3.63, 3.8) is 0 Å². The number of nitrogens with one attached hydrogen (secondary N) is 1. The van der Waals surface area contributed by atoms with Crippen LogP contribution in [0.1, 0.15) is 26.3 Å². The summed E-state index contributed by atoms with van der Waals surface area (Å²) in [5.74, 6) is 5.59. The summed E-state index contributed by atoms with van der Waals surface area (Å²) in [4.78, 5) is 4.37. The molecular formula is C12H18FN3O. The topological polar surface area (TPSA) is 59.6 Å². The predicted octanol–water partition coefficient (Wildman–Crippen LogP) is 1.84. The molecule has 0 aliphatic rings. The van der Waals surface area contributed by atoms with Crippen molar-refractivity contribution in [2.24, 2.45) is 10.8 Å². The minimum Gasteiger partial charge on any atom is -0.494 e. The SMILES string of the molecule is COc1ccc(C(=NC(C)(C)C)NN)cc1F. The number of methoxy groups -OCH3 is 1. The molecule has 3 N–H and O–H groups in total. The number of amidine groups is 1. The predicted molar refractivity (Wildman–Crippen MR) is 66.6 cm³/mol. The summed E-state index contributed by atoms with van der Waals surface area (Å²) in [6.07, 6.45) is 0. The second-order valence-corrected chi connectivity index (χ2v) is 4.62. The lowest BCUT2D eigenvalue weighted by Gasteiger charge is -2.16. The smallest absolute Gasteiger partial charge is 0.165 e. The van der Waals surface area contributed by atoms with Crippen LogP contribution in [0.2, 0.25) is 0 Å². The lowest BCUT2D eigenvalue weighted by atomic mass is 10.1. The zero-order valence-electron chi connectivity index (χ0n) is 10.5. The van der Waals surface area contributed by atoms with Crippen LogP contribution in [-0.2, 0) is 0 Å². The Morgan fingerprint density at radius 1 is 1.41 bits per heavy atom. The van der Waals surface area contributed by atoms with Crippen molar-refractivity contribution in [1.29, 1.82) is 0 Å². The van der Waals surface area contributed by atoms with Crippen molar-refractivity contribution in [3.05, 3.63) is 29.6 Å². The molecule has 0 aliphatic carbocycles. The van der Waals surface area contributed by atoms with Gasteiger partial charge in [0.1, 0.15) is 5.84 Å². The van der Waals surface area contributed by atoms with Gasteiger partial charge >= 0.3 is 0 Å². The van der Waals surface area contributed by atoms with Crippen molar-refractivity contribution in [2.45, 2.75) is 26.3 Å². The van der Waals surface area contributed by atoms with Crippen molar-refractivity contribution in [1.82, 2.24) is 5.43 Å². The molecule has 0 saturated carbocycles. The van der Waals surface area contributed by atoms with Crippen LogP contribution in [0.25, 0.3) is 0 Å². The molecule has 0 spiro atoms. The van der Waals surface area contributed by atoms with E-state index in [0.29, 0.717) is 11.4 Å². The molecule has 4 nitrogen and oxygen atoms in total. The highest BCUT2D eigenvalue weighted by atomic mass is 19.1. The summed E-state index contributed by atoms with van der Waals surface area (Å²) in [6.45, 7) is 5.80. The summed E-state index contributed by atoms with van der Waals surface area (Å²) in [5.41, 5.74) is 2.77. The van der Waals surface area contributed by atoms with Crippen molar-refractivity contribution in [3.8, 4) is 5.75 Å². The van der Waals surface area contributed by atoms with Crippen molar-refractivity contribution < 1.29 is 9.13 Å². The Kier molecular flexibility index (Phi) is 4.07. The molecule has 1 aromatic rings. The molecule has 94 valence electrons. The molecule has 0 amide bonds. The number of benzene rings is 1. The maximum absolute atomic E-state index is 13.5. The van der Waals surface area contributed by atoms with Gasteiger partial charge in [-0.1, -0.05) is 0 Å². The van der Waals surface area contributed by atoms with E-state index in [2.05, 4.69) is 10.4 Å². The number of halogens is 1. The van der Waals surface area contributed by atoms with Crippen LogP contribution in [0.15, 0.2) is 23.2 Å². The summed E-state index contributed by atoms with van der Waals surface area (Å²) >= 11 is 0. The first kappa shape index (κ1) is 13.4. The average molecular weight is 239 g/mol. The highest BCUT2D eigenvalue weighted by Crippen LogP contribution is 2.18. The quantitative estimate of drug-likeness (QED) is 0.358. The average Bonchev–Trinajstić information content (AvgIpc) is 2.24. The Labute approximate surface area is 101 Å². The number of rotatable bonds is 2. The van der Waals surface area contributed by atoms with Crippen LogP contribution in [0.3, 0.4) is 0 Å². The molecule has 0 saturated heterocycles. The van der Waals surface area contributed by atoms with E-state index in [9.17, 15) is 4.39 Å². The molecule has 1 rings (SSSR count). The molecule has 0 unspecified atom stereocenters. The van der Waals surface area contributed by atoms with E-state index in [4.69, 9.17) is 10.6 Å². The van der Waals surface area contributed by atoms with Gasteiger partial charge in [0, 0.05) is 5.56 Å². The Morgan fingerprint density at radius 3 is 2.47 bits per heavy atom. The lowest BCUT2D eigenvalue weighted by Crippen LogP contribution is -2.33. The Morgan fingerprint density at radius 2 is 2.06 bits per heavy atom. The van der Waals surface area contributed by atoms with Crippen LogP contribution in [0.4, 0.5) is 4.39 Å². The third-order valence-electron chi connectivity index (χ3n) is 2.01. The first-order valence-electron chi connectivity index (χ1n) is 5.28. The zero-order chi connectivity index (χ0) is 13.1. The van der Waals surface area contributed by atoms with Crippen molar-refractivity contribution >= 4 is 5.84 Å². The van der Waals surface area contributed by atoms with Crippen LogP contribution < -0.4 is 16.0 Å².